The number of nitrogens with zero attached hydrogens (tertiary/aromatic N) is 1. The Morgan fingerprint density at radius 1 is 1.12 bits per heavy atom. The van der Waals surface area contributed by atoms with Gasteiger partial charge in [0.15, 0.2) is 0 Å². The van der Waals surface area contributed by atoms with E-state index < -0.39 is 6.36 Å². The van der Waals surface area contributed by atoms with Crippen molar-refractivity contribution in [1.29, 1.82) is 0 Å². The first-order valence-corrected chi connectivity index (χ1v) is 8.37. The molecule has 0 radical (unpaired) electrons. The normalized spacial score (nSPS) is 17.2. The third-order valence-corrected chi connectivity index (χ3v) is 4.32. The largest absolute Gasteiger partial charge is 0.573 e. The van der Waals surface area contributed by atoms with Crippen LogP contribution >= 0.6 is 40.7 Å². The van der Waals surface area contributed by atoms with Gasteiger partial charge in [0.05, 0.1) is 0 Å². The van der Waals surface area contributed by atoms with Crippen molar-refractivity contribution in [3.63, 3.8) is 0 Å². The summed E-state index contributed by atoms with van der Waals surface area (Å²) in [7, 11) is 0. The second-order valence-electron chi connectivity index (χ2n) is 6.78. The highest BCUT2D eigenvalue weighted by Gasteiger charge is 2.38. The van der Waals surface area contributed by atoms with Gasteiger partial charge in [-0.1, -0.05) is 36.7 Å². The molecule has 0 saturated carbocycles. The van der Waals surface area contributed by atoms with Crippen LogP contribution in [0.5, 0.6) is 5.75 Å². The smallest absolute Gasteiger partial charge is 0.405 e. The molecule has 1 atom stereocenters. The molecule has 0 unspecified atom stereocenters. The van der Waals surface area contributed by atoms with E-state index in [1.165, 1.54) is 6.07 Å². The highest BCUT2D eigenvalue weighted by Crippen LogP contribution is 2.44. The molecule has 1 N–H and O–H groups in total. The van der Waals surface area contributed by atoms with E-state index in [1.54, 1.807) is 12.1 Å². The number of alkyl halides is 3. The van der Waals surface area contributed by atoms with Gasteiger partial charge in [-0.25, -0.2) is 0 Å². The lowest BCUT2D eigenvalue weighted by Crippen LogP contribution is -2.48. The molecule has 146 valence electrons. The molecule has 1 aliphatic heterocycles. The molecule has 1 heterocycles. The number of nitrogens with one attached hydrogen (secondary N) is 1. The molecule has 3 nitrogen and oxygen atoms in total. The summed E-state index contributed by atoms with van der Waals surface area (Å²) in [4.78, 5) is 2.22. The second-order valence-corrected chi connectivity index (χ2v) is 7.70. The molecule has 2 rings (SSSR count). The summed E-state index contributed by atoms with van der Waals surface area (Å²) in [5.41, 5.74) is 0.327. The van der Waals surface area contributed by atoms with E-state index >= 15 is 0 Å². The predicted octanol–water partition coefficient (Wildman–Crippen LogP) is 5.18. The van der Waals surface area contributed by atoms with E-state index in [9.17, 15) is 13.2 Å². The van der Waals surface area contributed by atoms with Crippen LogP contribution in [0.4, 0.5) is 13.2 Å². The highest BCUT2D eigenvalue weighted by atomic mass is 79.9. The first-order chi connectivity index (χ1) is 10.6. The van der Waals surface area contributed by atoms with Crippen molar-refractivity contribution in [2.45, 2.75) is 33.2 Å². The number of benzene rings is 1. The lowest BCUT2D eigenvalue weighted by Gasteiger charge is -2.43. The Kier molecular flexibility index (Phi) is 9.57. The van der Waals surface area contributed by atoms with Crippen molar-refractivity contribution in [3.05, 3.63) is 28.2 Å². The van der Waals surface area contributed by atoms with Crippen molar-refractivity contribution >= 4 is 40.7 Å². The molecule has 0 amide bonds. The van der Waals surface area contributed by atoms with Gasteiger partial charge in [0.2, 0.25) is 0 Å². The Balaban J connectivity index is 0.00000288. The van der Waals surface area contributed by atoms with Crippen LogP contribution in [0.25, 0.3) is 0 Å². The number of ether oxygens (including phenoxy) is 1. The summed E-state index contributed by atoms with van der Waals surface area (Å²) < 4.78 is 43.3. The zero-order chi connectivity index (χ0) is 17.3. The predicted molar refractivity (Wildman–Crippen MR) is 102 cm³/mol. The average molecular weight is 468 g/mol. The van der Waals surface area contributed by atoms with Crippen molar-refractivity contribution in [2.24, 2.45) is 5.41 Å². The minimum absolute atomic E-state index is 0. The molecule has 1 aromatic carbocycles. The third kappa shape index (κ3) is 7.13. The van der Waals surface area contributed by atoms with E-state index in [1.807, 2.05) is 20.8 Å². The van der Waals surface area contributed by atoms with Crippen LogP contribution in [-0.4, -0.2) is 37.4 Å². The van der Waals surface area contributed by atoms with Gasteiger partial charge in [0, 0.05) is 42.3 Å². The fraction of sp³-hybridized carbons (Fsp3) is 0.625. The summed E-state index contributed by atoms with van der Waals surface area (Å²) in [6.07, 6.45) is -4.70. The van der Waals surface area contributed by atoms with Gasteiger partial charge in [-0.05, 0) is 23.6 Å². The molecular formula is C16H24BrCl2F3N2O. The number of halogens is 6. The number of hydrogen-bond donors (Lipinski definition) is 1. The monoisotopic (exact) mass is 466 g/mol. The molecule has 0 spiro atoms. The lowest BCUT2D eigenvalue weighted by molar-refractivity contribution is -0.275. The maximum atomic E-state index is 12.8. The molecule has 25 heavy (non-hydrogen) atoms. The Bertz CT molecular complexity index is 547. The highest BCUT2D eigenvalue weighted by molar-refractivity contribution is 9.10. The summed E-state index contributed by atoms with van der Waals surface area (Å²) in [5.74, 6) is -0.126. The van der Waals surface area contributed by atoms with E-state index in [4.69, 9.17) is 0 Å². The Labute approximate surface area is 167 Å². The van der Waals surface area contributed by atoms with Gasteiger partial charge < -0.3 is 10.1 Å². The van der Waals surface area contributed by atoms with E-state index in [0.717, 1.165) is 30.7 Å². The van der Waals surface area contributed by atoms with Crippen LogP contribution < -0.4 is 10.1 Å². The van der Waals surface area contributed by atoms with Gasteiger partial charge >= 0.3 is 6.36 Å². The Morgan fingerprint density at radius 3 is 2.16 bits per heavy atom. The van der Waals surface area contributed by atoms with Gasteiger partial charge in [0.25, 0.3) is 0 Å². The Hall–Kier alpha value is -0.210. The number of rotatable bonds is 3. The SMILES string of the molecule is CC(C)(C)[C@@H](c1cc(Br)ccc1OC(F)(F)F)N1CCNCC1.Cl.Cl. The van der Waals surface area contributed by atoms with E-state index in [0.29, 0.717) is 5.56 Å². The average Bonchev–Trinajstić information content (AvgIpc) is 2.40. The Morgan fingerprint density at radius 2 is 1.68 bits per heavy atom. The van der Waals surface area contributed by atoms with Crippen LogP contribution in [0.1, 0.15) is 32.4 Å². The van der Waals surface area contributed by atoms with Crippen LogP contribution in [-0.2, 0) is 0 Å². The summed E-state index contributed by atoms with van der Waals surface area (Å²) in [6.45, 7) is 9.36. The zero-order valence-electron chi connectivity index (χ0n) is 14.3. The molecule has 0 aliphatic carbocycles. The van der Waals surface area contributed by atoms with Crippen molar-refractivity contribution < 1.29 is 17.9 Å². The number of hydrogen-bond acceptors (Lipinski definition) is 3. The van der Waals surface area contributed by atoms with Crippen LogP contribution in [0.3, 0.4) is 0 Å². The molecular weight excluding hydrogens is 444 g/mol. The maximum Gasteiger partial charge on any atom is 0.573 e. The minimum atomic E-state index is -4.70. The molecule has 1 fully saturated rings. The van der Waals surface area contributed by atoms with Crippen molar-refractivity contribution in [1.82, 2.24) is 10.2 Å². The molecule has 9 heteroatoms. The van der Waals surface area contributed by atoms with Gasteiger partial charge in [-0.15, -0.1) is 38.0 Å². The summed E-state index contributed by atoms with van der Waals surface area (Å²) in [6, 6.07) is 4.52. The van der Waals surface area contributed by atoms with Gasteiger partial charge in [-0.3, -0.25) is 4.90 Å². The third-order valence-electron chi connectivity index (χ3n) is 3.83. The molecule has 1 aliphatic rings. The summed E-state index contributed by atoms with van der Waals surface area (Å²) >= 11 is 3.37. The standard InChI is InChI=1S/C16H22BrF3N2O.2ClH/c1-15(2,3)14(22-8-6-21-7-9-22)12-10-11(17)4-5-13(12)23-16(18,19)20;;/h4-5,10,14,21H,6-9H2,1-3H3;2*1H/t14-;;/m1../s1. The molecule has 1 saturated heterocycles. The quantitative estimate of drug-likeness (QED) is 0.662. The van der Waals surface area contributed by atoms with Crippen LogP contribution in [0.2, 0.25) is 0 Å². The number of piperazine rings is 1. The minimum Gasteiger partial charge on any atom is -0.405 e. The summed E-state index contributed by atoms with van der Waals surface area (Å²) in [5, 5.41) is 3.27. The van der Waals surface area contributed by atoms with Crippen molar-refractivity contribution in [3.8, 4) is 5.75 Å². The fourth-order valence-corrected chi connectivity index (χ4v) is 3.48. The second kappa shape index (κ2) is 9.65. The van der Waals surface area contributed by atoms with Crippen LogP contribution in [0.15, 0.2) is 22.7 Å². The molecule has 0 bridgehead atoms. The van der Waals surface area contributed by atoms with Crippen molar-refractivity contribution in [2.75, 3.05) is 26.2 Å². The molecule has 1 aromatic rings. The lowest BCUT2D eigenvalue weighted by atomic mass is 9.80. The topological polar surface area (TPSA) is 24.5 Å². The first-order valence-electron chi connectivity index (χ1n) is 7.58. The fourth-order valence-electron chi connectivity index (χ4n) is 3.10. The van der Waals surface area contributed by atoms with Crippen LogP contribution in [0, 0.1) is 5.41 Å². The molecule has 0 aromatic heterocycles. The first kappa shape index (κ1) is 24.8. The maximum absolute atomic E-state index is 12.8. The zero-order valence-corrected chi connectivity index (χ0v) is 17.5. The van der Waals surface area contributed by atoms with E-state index in [-0.39, 0.29) is 42.0 Å². The van der Waals surface area contributed by atoms with E-state index in [2.05, 4.69) is 30.9 Å². The van der Waals surface area contributed by atoms with Gasteiger partial charge in [0.1, 0.15) is 5.75 Å². The van der Waals surface area contributed by atoms with Gasteiger partial charge in [-0.2, -0.15) is 0 Å².